The maximum absolute atomic E-state index is 12.8. The van der Waals surface area contributed by atoms with Crippen LogP contribution in [-0.2, 0) is 4.79 Å². The number of nitriles is 1. The number of piperazine rings is 2. The van der Waals surface area contributed by atoms with Gasteiger partial charge in [0.25, 0.3) is 0 Å². The fourth-order valence-electron chi connectivity index (χ4n) is 4.91. The molecule has 2 aromatic rings. The molecule has 0 unspecified atom stereocenters. The van der Waals surface area contributed by atoms with Crippen LogP contribution in [0.1, 0.15) is 24.8 Å². The SMILES string of the molecule is N#Cc1cccc(-c2ccc(N3CCN(CC(=O)N4CCN(C5CCC5)CC4)CC3)nn2)c1. The first kappa shape index (κ1) is 21.8. The van der Waals surface area contributed by atoms with E-state index in [1.54, 1.807) is 6.07 Å². The predicted octanol–water partition coefficient (Wildman–Crippen LogP) is 1.83. The van der Waals surface area contributed by atoms with Gasteiger partial charge in [-0.2, -0.15) is 5.26 Å². The number of amides is 1. The highest BCUT2D eigenvalue weighted by molar-refractivity contribution is 5.78. The first-order chi connectivity index (χ1) is 16.2. The number of hydrogen-bond donors (Lipinski definition) is 0. The van der Waals surface area contributed by atoms with E-state index >= 15 is 0 Å². The van der Waals surface area contributed by atoms with Crippen molar-refractivity contribution in [2.75, 3.05) is 63.8 Å². The lowest BCUT2D eigenvalue weighted by atomic mass is 9.91. The number of carbonyl (C=O) groups is 1. The summed E-state index contributed by atoms with van der Waals surface area (Å²) < 4.78 is 0. The van der Waals surface area contributed by atoms with Crippen molar-refractivity contribution in [2.24, 2.45) is 0 Å². The third kappa shape index (κ3) is 5.00. The highest BCUT2D eigenvalue weighted by Crippen LogP contribution is 2.25. The molecular formula is C25H31N7O. The highest BCUT2D eigenvalue weighted by Gasteiger charge is 2.30. The van der Waals surface area contributed by atoms with Gasteiger partial charge in [-0.25, -0.2) is 0 Å². The molecule has 1 aromatic heterocycles. The fourth-order valence-corrected chi connectivity index (χ4v) is 4.91. The third-order valence-corrected chi connectivity index (χ3v) is 7.25. The van der Waals surface area contributed by atoms with Gasteiger partial charge in [0.15, 0.2) is 5.82 Å². The maximum atomic E-state index is 12.8. The molecule has 2 aliphatic heterocycles. The smallest absolute Gasteiger partial charge is 0.236 e. The summed E-state index contributed by atoms with van der Waals surface area (Å²) in [4.78, 5) is 21.9. The van der Waals surface area contributed by atoms with Gasteiger partial charge in [0, 0.05) is 64.0 Å². The highest BCUT2D eigenvalue weighted by atomic mass is 16.2. The Morgan fingerprint density at radius 2 is 1.76 bits per heavy atom. The zero-order chi connectivity index (χ0) is 22.6. The van der Waals surface area contributed by atoms with Crippen molar-refractivity contribution in [2.45, 2.75) is 25.3 Å². The first-order valence-electron chi connectivity index (χ1n) is 12.0. The summed E-state index contributed by atoms with van der Waals surface area (Å²) in [6.07, 6.45) is 4.03. The van der Waals surface area contributed by atoms with Crippen LogP contribution in [0.3, 0.4) is 0 Å². The van der Waals surface area contributed by atoms with Crippen molar-refractivity contribution in [3.05, 3.63) is 42.0 Å². The summed E-state index contributed by atoms with van der Waals surface area (Å²) in [5, 5.41) is 17.9. The lowest BCUT2D eigenvalue weighted by Gasteiger charge is -2.43. The van der Waals surface area contributed by atoms with Crippen LogP contribution in [0.2, 0.25) is 0 Å². The zero-order valence-electron chi connectivity index (χ0n) is 19.1. The van der Waals surface area contributed by atoms with Gasteiger partial charge in [-0.15, -0.1) is 10.2 Å². The fraction of sp³-hybridized carbons (Fsp3) is 0.520. The molecule has 1 amide bonds. The Morgan fingerprint density at radius 3 is 2.39 bits per heavy atom. The first-order valence-corrected chi connectivity index (χ1v) is 12.0. The number of nitrogens with zero attached hydrogens (tertiary/aromatic N) is 7. The van der Waals surface area contributed by atoms with E-state index in [1.165, 1.54) is 19.3 Å². The van der Waals surface area contributed by atoms with E-state index in [2.05, 4.69) is 31.0 Å². The summed E-state index contributed by atoms with van der Waals surface area (Å²) in [7, 11) is 0. The van der Waals surface area contributed by atoms with E-state index in [-0.39, 0.29) is 5.91 Å². The number of hydrogen-bond acceptors (Lipinski definition) is 7. The second kappa shape index (κ2) is 9.86. The molecule has 8 nitrogen and oxygen atoms in total. The molecule has 172 valence electrons. The van der Waals surface area contributed by atoms with Gasteiger partial charge in [-0.1, -0.05) is 18.6 Å². The number of benzene rings is 1. The molecule has 0 radical (unpaired) electrons. The van der Waals surface area contributed by atoms with Crippen LogP contribution in [0.15, 0.2) is 36.4 Å². The number of carbonyl (C=O) groups excluding carboxylic acids is 1. The van der Waals surface area contributed by atoms with E-state index in [9.17, 15) is 4.79 Å². The molecule has 1 aliphatic carbocycles. The molecule has 3 heterocycles. The van der Waals surface area contributed by atoms with Crippen LogP contribution < -0.4 is 4.90 Å². The monoisotopic (exact) mass is 445 g/mol. The average Bonchev–Trinajstić information content (AvgIpc) is 2.84. The molecule has 1 aromatic carbocycles. The minimum atomic E-state index is 0.264. The molecule has 5 rings (SSSR count). The van der Waals surface area contributed by atoms with Crippen molar-refractivity contribution in [3.63, 3.8) is 0 Å². The van der Waals surface area contributed by atoms with Crippen LogP contribution in [0.5, 0.6) is 0 Å². The number of anilines is 1. The lowest BCUT2D eigenvalue weighted by Crippen LogP contribution is -2.56. The standard InChI is InChI=1S/C25H31N7O/c26-18-20-3-1-4-21(17-20)23-7-8-24(28-27-23)31-11-9-29(10-12-31)19-25(33)32-15-13-30(14-16-32)22-5-2-6-22/h1,3-4,7-8,17,22H,2,5-6,9-16,19H2. The van der Waals surface area contributed by atoms with Crippen LogP contribution in [0.25, 0.3) is 11.3 Å². The molecule has 3 fully saturated rings. The van der Waals surface area contributed by atoms with Crippen molar-refractivity contribution >= 4 is 11.7 Å². The van der Waals surface area contributed by atoms with Crippen LogP contribution >= 0.6 is 0 Å². The minimum absolute atomic E-state index is 0.264. The van der Waals surface area contributed by atoms with Crippen molar-refractivity contribution < 1.29 is 4.79 Å². The molecule has 0 atom stereocenters. The van der Waals surface area contributed by atoms with Gasteiger partial charge in [0.2, 0.25) is 5.91 Å². The largest absolute Gasteiger partial charge is 0.353 e. The van der Waals surface area contributed by atoms with E-state index in [0.717, 1.165) is 75.5 Å². The Bertz CT molecular complexity index is 998. The van der Waals surface area contributed by atoms with Gasteiger partial charge < -0.3 is 9.80 Å². The van der Waals surface area contributed by atoms with Crippen LogP contribution in [-0.4, -0.2) is 95.7 Å². The van der Waals surface area contributed by atoms with Gasteiger partial charge in [-0.05, 0) is 37.1 Å². The van der Waals surface area contributed by atoms with Crippen LogP contribution in [0, 0.1) is 11.3 Å². The van der Waals surface area contributed by atoms with Gasteiger partial charge in [0.05, 0.1) is 23.9 Å². The van der Waals surface area contributed by atoms with Gasteiger partial charge in [-0.3, -0.25) is 14.6 Å². The molecule has 33 heavy (non-hydrogen) atoms. The molecule has 1 saturated carbocycles. The summed E-state index contributed by atoms with van der Waals surface area (Å²) >= 11 is 0. The van der Waals surface area contributed by atoms with E-state index in [4.69, 9.17) is 5.26 Å². The van der Waals surface area contributed by atoms with Crippen LogP contribution in [0.4, 0.5) is 5.82 Å². The predicted molar refractivity (Wildman–Crippen MR) is 127 cm³/mol. The second-order valence-corrected chi connectivity index (χ2v) is 9.23. The Kier molecular flexibility index (Phi) is 6.51. The van der Waals surface area contributed by atoms with E-state index in [0.29, 0.717) is 12.1 Å². The molecule has 3 aliphatic rings. The average molecular weight is 446 g/mol. The third-order valence-electron chi connectivity index (χ3n) is 7.25. The maximum Gasteiger partial charge on any atom is 0.236 e. The van der Waals surface area contributed by atoms with Crippen molar-refractivity contribution in [1.29, 1.82) is 5.26 Å². The molecule has 2 saturated heterocycles. The number of rotatable bonds is 5. The Balaban J connectivity index is 1.09. The second-order valence-electron chi connectivity index (χ2n) is 9.23. The summed E-state index contributed by atoms with van der Waals surface area (Å²) in [6.45, 7) is 7.67. The minimum Gasteiger partial charge on any atom is -0.353 e. The quantitative estimate of drug-likeness (QED) is 0.695. The molecule has 0 N–H and O–H groups in total. The van der Waals surface area contributed by atoms with Gasteiger partial charge in [0.1, 0.15) is 0 Å². The molecule has 0 bridgehead atoms. The molecular weight excluding hydrogens is 414 g/mol. The Morgan fingerprint density at radius 1 is 0.970 bits per heavy atom. The van der Waals surface area contributed by atoms with E-state index < -0.39 is 0 Å². The van der Waals surface area contributed by atoms with Crippen molar-refractivity contribution in [1.82, 2.24) is 24.9 Å². The summed E-state index contributed by atoms with van der Waals surface area (Å²) in [5.41, 5.74) is 2.27. The molecule has 8 heteroatoms. The topological polar surface area (TPSA) is 79.6 Å². The molecule has 0 spiro atoms. The zero-order valence-corrected chi connectivity index (χ0v) is 19.1. The summed E-state index contributed by atoms with van der Waals surface area (Å²) in [6, 6.07) is 14.3. The number of aromatic nitrogens is 2. The summed E-state index contributed by atoms with van der Waals surface area (Å²) in [5.74, 6) is 1.12. The van der Waals surface area contributed by atoms with Gasteiger partial charge >= 0.3 is 0 Å². The normalized spacial score (nSPS) is 20.3. The Labute approximate surface area is 195 Å². The lowest BCUT2D eigenvalue weighted by molar-refractivity contribution is -0.134. The van der Waals surface area contributed by atoms with E-state index in [1.807, 2.05) is 35.2 Å². The Hall–Kier alpha value is -3.02. The van der Waals surface area contributed by atoms with Crippen molar-refractivity contribution in [3.8, 4) is 17.3 Å².